The Kier molecular flexibility index (Phi) is 6.15. The molecule has 30 heavy (non-hydrogen) atoms. The molecule has 0 saturated carbocycles. The number of furan rings is 1. The van der Waals surface area contributed by atoms with Gasteiger partial charge in [-0.15, -0.1) is 11.8 Å². The van der Waals surface area contributed by atoms with Crippen LogP contribution in [0.5, 0.6) is 0 Å². The van der Waals surface area contributed by atoms with Crippen LogP contribution in [0.25, 0.3) is 10.8 Å². The van der Waals surface area contributed by atoms with Gasteiger partial charge in [-0.05, 0) is 46.7 Å². The van der Waals surface area contributed by atoms with E-state index < -0.39 is 0 Å². The van der Waals surface area contributed by atoms with Crippen molar-refractivity contribution in [3.05, 3.63) is 96.4 Å². The predicted molar refractivity (Wildman–Crippen MR) is 122 cm³/mol. The molecule has 150 valence electrons. The monoisotopic (exact) mass is 416 g/mol. The summed E-state index contributed by atoms with van der Waals surface area (Å²) >= 11 is 1.56. The maximum Gasteiger partial charge on any atom is 0.291 e. The number of carbonyl (C=O) groups is 2. The highest BCUT2D eigenvalue weighted by molar-refractivity contribution is 7.99. The Hall–Kier alpha value is -3.51. The number of benzene rings is 3. The largest absolute Gasteiger partial charge is 0.459 e. The highest BCUT2D eigenvalue weighted by Crippen LogP contribution is 2.20. The molecule has 5 nitrogen and oxygen atoms in total. The molecule has 2 N–H and O–H groups in total. The van der Waals surface area contributed by atoms with Crippen molar-refractivity contribution in [3.63, 3.8) is 0 Å². The van der Waals surface area contributed by atoms with Crippen LogP contribution in [0.4, 0.5) is 11.4 Å². The molecule has 3 aromatic carbocycles. The maximum absolute atomic E-state index is 12.3. The number of amides is 2. The Bertz CT molecular complexity index is 1170. The minimum Gasteiger partial charge on any atom is -0.459 e. The van der Waals surface area contributed by atoms with E-state index in [1.807, 2.05) is 12.1 Å². The van der Waals surface area contributed by atoms with E-state index in [0.29, 0.717) is 17.1 Å². The van der Waals surface area contributed by atoms with Crippen molar-refractivity contribution in [2.45, 2.75) is 5.75 Å². The zero-order valence-electron chi connectivity index (χ0n) is 16.1. The third-order valence-electron chi connectivity index (χ3n) is 4.46. The standard InChI is InChI=1S/C24H20N2O3S/c27-23(16-30-15-17-10-11-18-5-1-2-6-19(18)13-17)25-20-7-3-8-21(14-20)26-24(28)22-9-4-12-29-22/h1-14H,15-16H2,(H,25,27)(H,26,28). The number of anilines is 2. The number of thioether (sulfide) groups is 1. The summed E-state index contributed by atoms with van der Waals surface area (Å²) in [6.45, 7) is 0. The number of fused-ring (bicyclic) bond motifs is 1. The summed E-state index contributed by atoms with van der Waals surface area (Å²) in [5.74, 6) is 0.909. The molecule has 1 aromatic heterocycles. The fraction of sp³-hybridized carbons (Fsp3) is 0.0833. The second-order valence-corrected chi connectivity index (χ2v) is 7.72. The molecule has 0 fully saturated rings. The van der Waals surface area contributed by atoms with Gasteiger partial charge in [0.25, 0.3) is 5.91 Å². The van der Waals surface area contributed by atoms with Crippen molar-refractivity contribution in [3.8, 4) is 0 Å². The van der Waals surface area contributed by atoms with Gasteiger partial charge in [0.05, 0.1) is 12.0 Å². The lowest BCUT2D eigenvalue weighted by molar-refractivity contribution is -0.113. The molecule has 0 aliphatic heterocycles. The van der Waals surface area contributed by atoms with E-state index in [2.05, 4.69) is 41.0 Å². The fourth-order valence-corrected chi connectivity index (χ4v) is 3.84. The third kappa shape index (κ3) is 5.10. The average molecular weight is 417 g/mol. The number of hydrogen-bond acceptors (Lipinski definition) is 4. The van der Waals surface area contributed by atoms with E-state index in [0.717, 1.165) is 5.75 Å². The quantitative estimate of drug-likeness (QED) is 0.414. The Balaban J connectivity index is 1.28. The summed E-state index contributed by atoms with van der Waals surface area (Å²) in [5.41, 5.74) is 2.40. The first-order valence-corrected chi connectivity index (χ1v) is 10.6. The summed E-state index contributed by atoms with van der Waals surface area (Å²) in [6, 6.07) is 24.9. The molecule has 4 rings (SSSR count). The molecule has 0 aliphatic rings. The summed E-state index contributed by atoms with van der Waals surface area (Å²) in [4.78, 5) is 24.4. The Labute approximate surface area is 178 Å². The van der Waals surface area contributed by atoms with E-state index in [4.69, 9.17) is 4.42 Å². The molecule has 0 bridgehead atoms. The van der Waals surface area contributed by atoms with Gasteiger partial charge in [0.15, 0.2) is 5.76 Å². The van der Waals surface area contributed by atoms with E-state index in [1.165, 1.54) is 22.6 Å². The second kappa shape index (κ2) is 9.33. The van der Waals surface area contributed by atoms with Crippen LogP contribution in [0, 0.1) is 0 Å². The lowest BCUT2D eigenvalue weighted by Crippen LogP contribution is -2.15. The Morgan fingerprint density at radius 3 is 2.40 bits per heavy atom. The van der Waals surface area contributed by atoms with Crippen LogP contribution in [0.2, 0.25) is 0 Å². The molecule has 6 heteroatoms. The molecule has 0 saturated heterocycles. The molecule has 0 aliphatic carbocycles. The van der Waals surface area contributed by atoms with Gasteiger partial charge < -0.3 is 15.1 Å². The molecule has 4 aromatic rings. The minimum absolute atomic E-state index is 0.0877. The van der Waals surface area contributed by atoms with Crippen LogP contribution in [-0.4, -0.2) is 17.6 Å². The highest BCUT2D eigenvalue weighted by atomic mass is 32.2. The first kappa shape index (κ1) is 19.8. The van der Waals surface area contributed by atoms with Gasteiger partial charge in [-0.1, -0.05) is 48.5 Å². The van der Waals surface area contributed by atoms with Crippen molar-refractivity contribution >= 4 is 45.7 Å². The Morgan fingerprint density at radius 2 is 1.60 bits per heavy atom. The normalized spacial score (nSPS) is 10.7. The minimum atomic E-state index is -0.339. The molecule has 0 atom stereocenters. The average Bonchev–Trinajstić information content (AvgIpc) is 3.29. The molecule has 0 unspecified atom stereocenters. The predicted octanol–water partition coefficient (Wildman–Crippen LogP) is 5.56. The first-order chi connectivity index (χ1) is 14.7. The van der Waals surface area contributed by atoms with Crippen molar-refractivity contribution < 1.29 is 14.0 Å². The number of hydrogen-bond donors (Lipinski definition) is 2. The van der Waals surface area contributed by atoms with Gasteiger partial charge >= 0.3 is 0 Å². The molecule has 1 heterocycles. The first-order valence-electron chi connectivity index (χ1n) is 9.47. The van der Waals surface area contributed by atoms with Crippen molar-refractivity contribution in [2.24, 2.45) is 0 Å². The van der Waals surface area contributed by atoms with Crippen LogP contribution in [0.3, 0.4) is 0 Å². The lowest BCUT2D eigenvalue weighted by Gasteiger charge is -2.08. The van der Waals surface area contributed by atoms with Gasteiger partial charge in [-0.3, -0.25) is 9.59 Å². The molecule has 2 amide bonds. The van der Waals surface area contributed by atoms with E-state index in [9.17, 15) is 9.59 Å². The summed E-state index contributed by atoms with van der Waals surface area (Å²) < 4.78 is 5.08. The van der Waals surface area contributed by atoms with Crippen molar-refractivity contribution in [1.82, 2.24) is 0 Å². The molecule has 0 radical (unpaired) electrons. The highest BCUT2D eigenvalue weighted by Gasteiger charge is 2.09. The van der Waals surface area contributed by atoms with Gasteiger partial charge in [0, 0.05) is 17.1 Å². The molecule has 0 spiro atoms. The third-order valence-corrected chi connectivity index (χ3v) is 5.47. The van der Waals surface area contributed by atoms with Crippen molar-refractivity contribution in [2.75, 3.05) is 16.4 Å². The smallest absolute Gasteiger partial charge is 0.291 e. The molecular formula is C24H20N2O3S. The van der Waals surface area contributed by atoms with Gasteiger partial charge in [0.1, 0.15) is 0 Å². The maximum atomic E-state index is 12.3. The summed E-state index contributed by atoms with van der Waals surface area (Å²) in [6.07, 6.45) is 1.45. The van der Waals surface area contributed by atoms with Gasteiger partial charge in [-0.2, -0.15) is 0 Å². The van der Waals surface area contributed by atoms with E-state index in [1.54, 1.807) is 48.2 Å². The lowest BCUT2D eigenvalue weighted by atomic mass is 10.1. The van der Waals surface area contributed by atoms with E-state index >= 15 is 0 Å². The van der Waals surface area contributed by atoms with Gasteiger partial charge in [0.2, 0.25) is 5.91 Å². The van der Waals surface area contributed by atoms with Crippen molar-refractivity contribution in [1.29, 1.82) is 0 Å². The second-order valence-electron chi connectivity index (χ2n) is 6.73. The van der Waals surface area contributed by atoms with Crippen LogP contribution >= 0.6 is 11.8 Å². The summed E-state index contributed by atoms with van der Waals surface area (Å²) in [7, 11) is 0. The zero-order chi connectivity index (χ0) is 20.8. The van der Waals surface area contributed by atoms with Crippen LogP contribution < -0.4 is 10.6 Å². The number of rotatable bonds is 7. The van der Waals surface area contributed by atoms with Gasteiger partial charge in [-0.25, -0.2) is 0 Å². The van der Waals surface area contributed by atoms with Crippen LogP contribution in [0.15, 0.2) is 89.5 Å². The topological polar surface area (TPSA) is 71.3 Å². The summed E-state index contributed by atoms with van der Waals surface area (Å²) in [5, 5.41) is 8.03. The Morgan fingerprint density at radius 1 is 0.800 bits per heavy atom. The number of nitrogens with one attached hydrogen (secondary N) is 2. The SMILES string of the molecule is O=C(CSCc1ccc2ccccc2c1)Nc1cccc(NC(=O)c2ccco2)c1. The fourth-order valence-electron chi connectivity index (χ4n) is 3.06. The molecular weight excluding hydrogens is 396 g/mol. The van der Waals surface area contributed by atoms with Crippen LogP contribution in [0.1, 0.15) is 16.1 Å². The van der Waals surface area contributed by atoms with E-state index in [-0.39, 0.29) is 17.6 Å². The zero-order valence-corrected chi connectivity index (χ0v) is 16.9. The van der Waals surface area contributed by atoms with Crippen LogP contribution in [-0.2, 0) is 10.5 Å². The number of carbonyl (C=O) groups excluding carboxylic acids is 2.